The number of esters is 1. The van der Waals surface area contributed by atoms with Gasteiger partial charge in [0.05, 0.1) is 19.3 Å². The van der Waals surface area contributed by atoms with Crippen LogP contribution in [0.5, 0.6) is 0 Å². The van der Waals surface area contributed by atoms with E-state index in [4.69, 9.17) is 4.74 Å². The predicted molar refractivity (Wildman–Crippen MR) is 149 cm³/mol. The molecule has 0 aromatic carbocycles. The molecule has 0 aromatic heterocycles. The summed E-state index contributed by atoms with van der Waals surface area (Å²) >= 11 is 0. The van der Waals surface area contributed by atoms with E-state index in [1.54, 1.807) is 0 Å². The van der Waals surface area contributed by atoms with Gasteiger partial charge in [-0.3, -0.25) is 9.59 Å². The first kappa shape index (κ1) is 27.8. The number of hydrogen-bond donors (Lipinski definition) is 3. The van der Waals surface area contributed by atoms with Crippen molar-refractivity contribution in [3.8, 4) is 0 Å². The van der Waals surface area contributed by atoms with Crippen LogP contribution in [0, 0.1) is 64.1 Å². The molecule has 0 saturated heterocycles. The summed E-state index contributed by atoms with van der Waals surface area (Å²) in [7, 11) is 1.45. The standard InChI is InChI=1S/C33H51NO5/c1-18(5-10-29(37)39-4)24-8-9-25-30-26(17-28(36)33(24,25)3)32(2)12-11-22(15-21(32)16-27(30)35)34-31(38)23-14-19-6-7-20(23)13-19/h6-7,18-28,30,35-36H,5,8-17H2,1-4H3,(H,34,38)/t18-,19?,20?,21+,22+,23?,24-,25+,26+,27-,28+,30+,32+,33-/m1/s1. The molecule has 6 heteroatoms. The topological polar surface area (TPSA) is 95.9 Å². The van der Waals surface area contributed by atoms with Gasteiger partial charge in [0, 0.05) is 18.4 Å². The number of carbonyl (C=O) groups excluding carboxylic acids is 2. The van der Waals surface area contributed by atoms with Crippen LogP contribution in [0.3, 0.4) is 0 Å². The number of aliphatic hydroxyl groups excluding tert-OH is 2. The van der Waals surface area contributed by atoms with E-state index in [0.29, 0.717) is 47.8 Å². The molecule has 3 N–H and O–H groups in total. The van der Waals surface area contributed by atoms with E-state index in [-0.39, 0.29) is 52.8 Å². The highest BCUT2D eigenvalue weighted by atomic mass is 16.5. The number of aliphatic hydroxyl groups is 2. The molecule has 5 saturated carbocycles. The summed E-state index contributed by atoms with van der Waals surface area (Å²) in [4.78, 5) is 25.0. The number of nitrogens with one attached hydrogen (secondary N) is 1. The van der Waals surface area contributed by atoms with Crippen LogP contribution in [0.25, 0.3) is 0 Å². The molecule has 218 valence electrons. The van der Waals surface area contributed by atoms with Crippen LogP contribution in [0.4, 0.5) is 0 Å². The van der Waals surface area contributed by atoms with Crippen molar-refractivity contribution in [2.75, 3.05) is 7.11 Å². The maximum Gasteiger partial charge on any atom is 0.305 e. The fraction of sp³-hybridized carbons (Fsp3) is 0.879. The van der Waals surface area contributed by atoms with Gasteiger partial charge in [0.1, 0.15) is 0 Å². The van der Waals surface area contributed by atoms with Crippen LogP contribution >= 0.6 is 0 Å². The minimum absolute atomic E-state index is 0.0944. The Hall–Kier alpha value is -1.40. The molecule has 6 aliphatic rings. The molecule has 39 heavy (non-hydrogen) atoms. The number of fused-ring (bicyclic) bond motifs is 7. The maximum absolute atomic E-state index is 13.2. The maximum atomic E-state index is 13.2. The van der Waals surface area contributed by atoms with Gasteiger partial charge in [0.25, 0.3) is 0 Å². The molecular formula is C33H51NO5. The molecule has 2 bridgehead atoms. The van der Waals surface area contributed by atoms with Crippen molar-refractivity contribution >= 4 is 11.9 Å². The Morgan fingerprint density at radius 3 is 2.51 bits per heavy atom. The lowest BCUT2D eigenvalue weighted by Gasteiger charge is -2.63. The number of hydrogen-bond acceptors (Lipinski definition) is 5. The quantitative estimate of drug-likeness (QED) is 0.329. The second-order valence-electron chi connectivity index (χ2n) is 15.1. The highest BCUT2D eigenvalue weighted by molar-refractivity contribution is 5.80. The fourth-order valence-electron chi connectivity index (χ4n) is 11.3. The SMILES string of the molecule is COC(=O)CC[C@@H](C)[C@H]1CC[C@H]2[C@@H]3[C@H](O)C[C@@H]4C[C@@H](NC(=O)C5CC6C=CC5C6)CC[C@]4(C)[C@H]3C[C@H](O)[C@]12C. The second-order valence-corrected chi connectivity index (χ2v) is 15.1. The van der Waals surface area contributed by atoms with Gasteiger partial charge in [0.15, 0.2) is 0 Å². The highest BCUT2D eigenvalue weighted by Gasteiger charge is 2.65. The molecule has 6 aliphatic carbocycles. The number of methoxy groups -OCH3 is 1. The Bertz CT molecular complexity index is 997. The molecule has 0 heterocycles. The van der Waals surface area contributed by atoms with Gasteiger partial charge < -0.3 is 20.3 Å². The lowest BCUT2D eigenvalue weighted by Crippen LogP contribution is -2.63. The van der Waals surface area contributed by atoms with E-state index in [2.05, 4.69) is 38.2 Å². The number of carbonyl (C=O) groups is 2. The van der Waals surface area contributed by atoms with E-state index >= 15 is 0 Å². The van der Waals surface area contributed by atoms with E-state index in [0.717, 1.165) is 64.2 Å². The molecule has 0 aromatic rings. The smallest absolute Gasteiger partial charge is 0.305 e. The number of ether oxygens (including phenoxy) is 1. The van der Waals surface area contributed by atoms with E-state index in [1.807, 2.05) is 0 Å². The van der Waals surface area contributed by atoms with E-state index in [9.17, 15) is 19.8 Å². The van der Waals surface area contributed by atoms with Gasteiger partial charge in [-0.1, -0.05) is 32.9 Å². The van der Waals surface area contributed by atoms with Crippen molar-refractivity contribution in [2.45, 2.75) is 110 Å². The molecule has 5 fully saturated rings. The lowest BCUT2D eigenvalue weighted by molar-refractivity contribution is -0.202. The average molecular weight is 542 g/mol. The molecule has 6 nitrogen and oxygen atoms in total. The predicted octanol–water partition coefficient (Wildman–Crippen LogP) is 4.87. The normalized spacial score (nSPS) is 50.6. The van der Waals surface area contributed by atoms with Crippen molar-refractivity contribution in [2.24, 2.45) is 64.1 Å². The molecule has 0 aliphatic heterocycles. The first-order valence-corrected chi connectivity index (χ1v) is 16.0. The van der Waals surface area contributed by atoms with Gasteiger partial charge in [-0.05, 0) is 122 Å². The van der Waals surface area contributed by atoms with E-state index in [1.165, 1.54) is 7.11 Å². The van der Waals surface area contributed by atoms with Crippen LogP contribution in [0.15, 0.2) is 12.2 Å². The Morgan fingerprint density at radius 1 is 1.03 bits per heavy atom. The number of amides is 1. The number of rotatable bonds is 6. The molecule has 0 spiro atoms. The Kier molecular flexibility index (Phi) is 7.22. The molecular weight excluding hydrogens is 490 g/mol. The summed E-state index contributed by atoms with van der Waals surface area (Å²) < 4.78 is 4.88. The van der Waals surface area contributed by atoms with Gasteiger partial charge in [-0.15, -0.1) is 0 Å². The summed E-state index contributed by atoms with van der Waals surface area (Å²) in [5, 5.41) is 27.0. The number of allylic oxidation sites excluding steroid dienone is 2. The Morgan fingerprint density at radius 2 is 1.82 bits per heavy atom. The summed E-state index contributed by atoms with van der Waals surface area (Å²) in [5.41, 5.74) is -0.127. The van der Waals surface area contributed by atoms with Gasteiger partial charge in [-0.2, -0.15) is 0 Å². The monoisotopic (exact) mass is 541 g/mol. The van der Waals surface area contributed by atoms with Crippen LogP contribution in [0.2, 0.25) is 0 Å². The molecule has 6 rings (SSSR count). The van der Waals surface area contributed by atoms with Crippen molar-refractivity contribution < 1.29 is 24.5 Å². The first-order chi connectivity index (χ1) is 18.6. The van der Waals surface area contributed by atoms with Crippen molar-refractivity contribution in [3.63, 3.8) is 0 Å². The summed E-state index contributed by atoms with van der Waals surface area (Å²) in [6.07, 6.45) is 13.9. The molecule has 1 amide bonds. The van der Waals surface area contributed by atoms with Gasteiger partial charge in [0.2, 0.25) is 5.91 Å². The second kappa shape index (κ2) is 10.2. The Labute approximate surface area is 234 Å². The third-order valence-corrected chi connectivity index (χ3v) is 13.5. The third-order valence-electron chi connectivity index (χ3n) is 13.5. The third kappa shape index (κ3) is 4.42. The zero-order valence-corrected chi connectivity index (χ0v) is 24.5. The minimum atomic E-state index is -0.386. The molecule has 0 radical (unpaired) electrons. The minimum Gasteiger partial charge on any atom is -0.469 e. The van der Waals surface area contributed by atoms with Crippen molar-refractivity contribution in [1.82, 2.24) is 5.32 Å². The lowest BCUT2D eigenvalue weighted by atomic mass is 9.43. The van der Waals surface area contributed by atoms with Crippen molar-refractivity contribution in [3.05, 3.63) is 12.2 Å². The largest absolute Gasteiger partial charge is 0.469 e. The summed E-state index contributed by atoms with van der Waals surface area (Å²) in [6.45, 7) is 6.95. The van der Waals surface area contributed by atoms with Gasteiger partial charge in [-0.25, -0.2) is 0 Å². The zero-order chi connectivity index (χ0) is 27.7. The zero-order valence-electron chi connectivity index (χ0n) is 24.5. The summed E-state index contributed by atoms with van der Waals surface area (Å²) in [6, 6.07) is 0.202. The van der Waals surface area contributed by atoms with Crippen LogP contribution in [-0.2, 0) is 14.3 Å². The highest BCUT2D eigenvalue weighted by Crippen LogP contribution is 2.68. The average Bonchev–Trinajstić information content (AvgIpc) is 3.63. The summed E-state index contributed by atoms with van der Waals surface area (Å²) in [5.74, 6) is 3.17. The fourth-order valence-corrected chi connectivity index (χ4v) is 11.3. The molecule has 14 atom stereocenters. The van der Waals surface area contributed by atoms with Gasteiger partial charge >= 0.3 is 5.97 Å². The molecule has 3 unspecified atom stereocenters. The van der Waals surface area contributed by atoms with Crippen LogP contribution < -0.4 is 5.32 Å². The van der Waals surface area contributed by atoms with E-state index < -0.39 is 0 Å². The first-order valence-electron chi connectivity index (χ1n) is 16.0. The van der Waals surface area contributed by atoms with Crippen LogP contribution in [0.1, 0.15) is 91.4 Å². The Balaban J connectivity index is 1.14. The van der Waals surface area contributed by atoms with Crippen molar-refractivity contribution in [1.29, 1.82) is 0 Å². The van der Waals surface area contributed by atoms with Crippen LogP contribution in [-0.4, -0.2) is 47.4 Å².